The maximum atomic E-state index is 9.01. The number of rotatable bonds is 9. The molecule has 1 heterocycles. The van der Waals surface area contributed by atoms with Crippen LogP contribution in [0.1, 0.15) is 24.0 Å². The van der Waals surface area contributed by atoms with Crippen molar-refractivity contribution in [1.29, 1.82) is 5.26 Å². The predicted octanol–water partition coefficient (Wildman–Crippen LogP) is 4.14. The molecule has 2 aromatic rings. The van der Waals surface area contributed by atoms with Crippen molar-refractivity contribution in [2.24, 2.45) is 0 Å². The fourth-order valence-corrected chi connectivity index (χ4v) is 3.16. The summed E-state index contributed by atoms with van der Waals surface area (Å²) in [6.45, 7) is 2.82. The Hall–Kier alpha value is -1.21. The Morgan fingerprint density at radius 1 is 1.09 bits per heavy atom. The minimum Gasteiger partial charge on any atom is -0.361 e. The van der Waals surface area contributed by atoms with Gasteiger partial charge in [0.2, 0.25) is 0 Å². The number of unbranched alkanes of at least 4 members (excludes halogenated alkanes) is 1. The van der Waals surface area contributed by atoms with Crippen LogP contribution in [0.25, 0.3) is 10.9 Å². The molecule has 5 heteroatoms. The summed E-state index contributed by atoms with van der Waals surface area (Å²) in [6, 6.07) is 7.99. The fraction of sp³-hybridized carbons (Fsp3) is 0.471. The van der Waals surface area contributed by atoms with Crippen molar-refractivity contribution >= 4 is 34.1 Å². The van der Waals surface area contributed by atoms with Crippen molar-refractivity contribution in [2.75, 3.05) is 31.4 Å². The number of nitrogens with zero attached hydrogens (tertiary/aromatic N) is 2. The van der Waals surface area contributed by atoms with Crippen molar-refractivity contribution in [3.8, 4) is 6.07 Å². The van der Waals surface area contributed by atoms with E-state index in [0.717, 1.165) is 49.8 Å². The van der Waals surface area contributed by atoms with Gasteiger partial charge in [0, 0.05) is 41.9 Å². The third kappa shape index (κ3) is 4.64. The summed E-state index contributed by atoms with van der Waals surface area (Å²) in [5.74, 6) is 1.30. The van der Waals surface area contributed by atoms with Gasteiger partial charge in [-0.25, -0.2) is 0 Å². The third-order valence-corrected chi connectivity index (χ3v) is 4.21. The van der Waals surface area contributed by atoms with E-state index < -0.39 is 0 Å². The van der Waals surface area contributed by atoms with Gasteiger partial charge >= 0.3 is 0 Å². The topological polar surface area (TPSA) is 42.8 Å². The normalized spacial score (nSPS) is 11.2. The first-order valence-corrected chi connectivity index (χ1v) is 8.69. The van der Waals surface area contributed by atoms with Crippen LogP contribution in [0.5, 0.6) is 0 Å². The van der Waals surface area contributed by atoms with E-state index in [1.54, 1.807) is 0 Å². The quantitative estimate of drug-likeness (QED) is 0.551. The first kappa shape index (κ1) is 17.1. The molecule has 0 saturated heterocycles. The summed E-state index contributed by atoms with van der Waals surface area (Å²) in [4.78, 5) is 5.58. The SMILES string of the molecule is N#Cc1ccc2[nH]cc(CCCCN(CCCl)CCCl)c2c1. The number of halogens is 2. The molecule has 0 radical (unpaired) electrons. The van der Waals surface area contributed by atoms with E-state index in [1.807, 2.05) is 18.2 Å². The number of benzene rings is 1. The van der Waals surface area contributed by atoms with Gasteiger partial charge in [0.1, 0.15) is 0 Å². The zero-order chi connectivity index (χ0) is 15.8. The van der Waals surface area contributed by atoms with Crippen molar-refractivity contribution in [1.82, 2.24) is 9.88 Å². The summed E-state index contributed by atoms with van der Waals surface area (Å²) in [5.41, 5.74) is 3.09. The molecule has 0 atom stereocenters. The zero-order valence-electron chi connectivity index (χ0n) is 12.6. The van der Waals surface area contributed by atoms with Gasteiger partial charge in [0.15, 0.2) is 0 Å². The van der Waals surface area contributed by atoms with Crippen LogP contribution in [0.15, 0.2) is 24.4 Å². The number of hydrogen-bond acceptors (Lipinski definition) is 2. The lowest BCUT2D eigenvalue weighted by molar-refractivity contribution is 0.300. The predicted molar refractivity (Wildman–Crippen MR) is 93.8 cm³/mol. The minimum atomic E-state index is 0.649. The van der Waals surface area contributed by atoms with Crippen LogP contribution in [0.4, 0.5) is 0 Å². The van der Waals surface area contributed by atoms with Gasteiger partial charge in [0.25, 0.3) is 0 Å². The number of nitriles is 1. The van der Waals surface area contributed by atoms with Gasteiger partial charge in [0.05, 0.1) is 11.6 Å². The molecule has 0 bridgehead atoms. The van der Waals surface area contributed by atoms with E-state index in [9.17, 15) is 0 Å². The van der Waals surface area contributed by atoms with Gasteiger partial charge in [-0.1, -0.05) is 0 Å². The molecule has 0 saturated carbocycles. The fourth-order valence-electron chi connectivity index (χ4n) is 2.68. The summed E-state index contributed by atoms with van der Waals surface area (Å²) < 4.78 is 0. The van der Waals surface area contributed by atoms with E-state index >= 15 is 0 Å². The summed E-state index contributed by atoms with van der Waals surface area (Å²) >= 11 is 11.6. The number of nitrogens with one attached hydrogen (secondary N) is 1. The highest BCUT2D eigenvalue weighted by Gasteiger charge is 2.06. The van der Waals surface area contributed by atoms with E-state index in [1.165, 1.54) is 5.56 Å². The van der Waals surface area contributed by atoms with Crippen LogP contribution in [0.2, 0.25) is 0 Å². The maximum absolute atomic E-state index is 9.01. The molecule has 0 spiro atoms. The van der Waals surface area contributed by atoms with Gasteiger partial charge < -0.3 is 9.88 Å². The molecule has 1 aromatic heterocycles. The highest BCUT2D eigenvalue weighted by atomic mass is 35.5. The molecular formula is C17H21Cl2N3. The molecule has 22 heavy (non-hydrogen) atoms. The molecule has 3 nitrogen and oxygen atoms in total. The van der Waals surface area contributed by atoms with Crippen molar-refractivity contribution in [2.45, 2.75) is 19.3 Å². The molecule has 1 aromatic carbocycles. The summed E-state index contributed by atoms with van der Waals surface area (Å²) in [5, 5.41) is 10.2. The number of alkyl halides is 2. The van der Waals surface area contributed by atoms with E-state index in [2.05, 4.69) is 22.1 Å². The van der Waals surface area contributed by atoms with Gasteiger partial charge in [-0.2, -0.15) is 5.26 Å². The number of aryl methyl sites for hydroxylation is 1. The van der Waals surface area contributed by atoms with Crippen LogP contribution < -0.4 is 0 Å². The lowest BCUT2D eigenvalue weighted by Crippen LogP contribution is -2.29. The lowest BCUT2D eigenvalue weighted by Gasteiger charge is -2.19. The highest BCUT2D eigenvalue weighted by molar-refractivity contribution is 6.18. The average Bonchev–Trinajstić information content (AvgIpc) is 2.94. The first-order valence-electron chi connectivity index (χ1n) is 7.63. The smallest absolute Gasteiger partial charge is 0.0991 e. The second-order valence-electron chi connectivity index (χ2n) is 5.36. The minimum absolute atomic E-state index is 0.649. The Labute approximate surface area is 141 Å². The maximum Gasteiger partial charge on any atom is 0.0991 e. The second-order valence-corrected chi connectivity index (χ2v) is 6.12. The standard InChI is InChI=1S/C17H21Cl2N3/c18-6-9-22(10-7-19)8-2-1-3-15-13-21-17-5-4-14(12-20)11-16(15)17/h4-5,11,13,21H,1-3,6-10H2. The molecule has 0 aliphatic rings. The number of hydrogen-bond donors (Lipinski definition) is 1. The Morgan fingerprint density at radius 3 is 2.55 bits per heavy atom. The van der Waals surface area contributed by atoms with E-state index in [4.69, 9.17) is 28.5 Å². The molecular weight excluding hydrogens is 317 g/mol. The Morgan fingerprint density at radius 2 is 1.86 bits per heavy atom. The molecule has 0 fully saturated rings. The van der Waals surface area contributed by atoms with Crippen molar-refractivity contribution < 1.29 is 0 Å². The molecule has 0 amide bonds. The molecule has 118 valence electrons. The van der Waals surface area contributed by atoms with Crippen molar-refractivity contribution in [3.05, 3.63) is 35.5 Å². The van der Waals surface area contributed by atoms with Crippen LogP contribution in [0.3, 0.4) is 0 Å². The Balaban J connectivity index is 1.88. The van der Waals surface area contributed by atoms with E-state index in [0.29, 0.717) is 17.3 Å². The molecule has 0 unspecified atom stereocenters. The van der Waals surface area contributed by atoms with E-state index in [-0.39, 0.29) is 0 Å². The molecule has 0 aliphatic heterocycles. The molecule has 2 rings (SSSR count). The average molecular weight is 338 g/mol. The van der Waals surface area contributed by atoms with Gasteiger partial charge in [-0.3, -0.25) is 0 Å². The van der Waals surface area contributed by atoms with Crippen LogP contribution in [-0.2, 0) is 6.42 Å². The Bertz CT molecular complexity index is 624. The molecule has 1 N–H and O–H groups in total. The van der Waals surface area contributed by atoms with Crippen molar-refractivity contribution in [3.63, 3.8) is 0 Å². The van der Waals surface area contributed by atoms with Gasteiger partial charge in [-0.15, -0.1) is 23.2 Å². The summed E-state index contributed by atoms with van der Waals surface area (Å²) in [7, 11) is 0. The highest BCUT2D eigenvalue weighted by Crippen LogP contribution is 2.21. The molecule has 0 aliphatic carbocycles. The van der Waals surface area contributed by atoms with Gasteiger partial charge in [-0.05, 0) is 49.6 Å². The Kier molecular flexibility index (Phi) is 7.05. The number of aromatic nitrogens is 1. The number of aromatic amines is 1. The van der Waals surface area contributed by atoms with Crippen LogP contribution >= 0.6 is 23.2 Å². The third-order valence-electron chi connectivity index (χ3n) is 3.87. The second kappa shape index (κ2) is 9.05. The number of fused-ring (bicyclic) bond motifs is 1. The lowest BCUT2D eigenvalue weighted by atomic mass is 10.1. The number of H-pyrrole nitrogens is 1. The van der Waals surface area contributed by atoms with Crippen LogP contribution in [-0.4, -0.2) is 41.3 Å². The van der Waals surface area contributed by atoms with Crippen LogP contribution in [0, 0.1) is 11.3 Å². The zero-order valence-corrected chi connectivity index (χ0v) is 14.1. The first-order chi connectivity index (χ1) is 10.8. The summed E-state index contributed by atoms with van der Waals surface area (Å²) in [6.07, 6.45) is 5.31. The monoisotopic (exact) mass is 337 g/mol. The largest absolute Gasteiger partial charge is 0.361 e.